The van der Waals surface area contributed by atoms with Gasteiger partial charge in [-0.25, -0.2) is 0 Å². The number of benzene rings is 1. The first-order valence-corrected chi connectivity index (χ1v) is 7.13. The number of nitrogens with one attached hydrogen (secondary N) is 1. The second-order valence-corrected chi connectivity index (χ2v) is 4.23. The lowest BCUT2D eigenvalue weighted by atomic mass is 10.2. The van der Waals surface area contributed by atoms with Gasteiger partial charge in [0.2, 0.25) is 11.8 Å². The van der Waals surface area contributed by atoms with Crippen molar-refractivity contribution in [2.45, 2.75) is 20.8 Å². The average molecular weight is 290 g/mol. The number of ether oxygens (including phenoxy) is 1. The number of carbonyl (C=O) groups excluding carboxylic acids is 2. The molecule has 0 bridgehead atoms. The van der Waals surface area contributed by atoms with Gasteiger partial charge in [0.15, 0.2) is 0 Å². The molecule has 1 aromatic carbocycles. The van der Waals surface area contributed by atoms with E-state index in [1.165, 1.54) is 11.0 Å². The molecule has 0 aliphatic heterocycles. The fourth-order valence-electron chi connectivity index (χ4n) is 1.82. The first kappa shape index (κ1) is 16.8. The van der Waals surface area contributed by atoms with Crippen LogP contribution >= 0.6 is 0 Å². The molecule has 1 N–H and O–H groups in total. The van der Waals surface area contributed by atoms with Crippen LogP contribution in [0.15, 0.2) is 42.3 Å². The summed E-state index contributed by atoms with van der Waals surface area (Å²) in [5.41, 5.74) is 0.556. The number of likely N-dealkylation sites (N-methyl/N-ethyl adjacent to an activating group) is 1. The lowest BCUT2D eigenvalue weighted by molar-refractivity contribution is -0.116. The number of amides is 2. The molecular formula is C16H22N2O3. The van der Waals surface area contributed by atoms with E-state index in [0.717, 1.165) is 0 Å². The van der Waals surface area contributed by atoms with Crippen molar-refractivity contribution in [1.82, 2.24) is 10.2 Å². The molecule has 114 valence electrons. The molecule has 5 heteroatoms. The van der Waals surface area contributed by atoms with E-state index in [-0.39, 0.29) is 17.7 Å². The summed E-state index contributed by atoms with van der Waals surface area (Å²) in [5.74, 6) is -0.206. The highest BCUT2D eigenvalue weighted by Gasteiger charge is 2.20. The monoisotopic (exact) mass is 290 g/mol. The maximum atomic E-state index is 12.5. The van der Waals surface area contributed by atoms with E-state index >= 15 is 0 Å². The minimum atomic E-state index is -0.278. The Balaban J connectivity index is 3.02. The summed E-state index contributed by atoms with van der Waals surface area (Å²) in [6, 6.07) is 8.92. The molecule has 0 aromatic heterocycles. The molecule has 2 amide bonds. The Morgan fingerprint density at radius 2 is 1.86 bits per heavy atom. The molecular weight excluding hydrogens is 268 g/mol. The molecule has 0 saturated carbocycles. The number of nitrogens with zero attached hydrogens (tertiary/aromatic N) is 1. The predicted molar refractivity (Wildman–Crippen MR) is 81.5 cm³/mol. The Labute approximate surface area is 125 Å². The van der Waals surface area contributed by atoms with E-state index in [2.05, 4.69) is 5.32 Å². The van der Waals surface area contributed by atoms with Gasteiger partial charge in [-0.1, -0.05) is 18.2 Å². The Hall–Kier alpha value is -2.30. The van der Waals surface area contributed by atoms with E-state index in [4.69, 9.17) is 4.74 Å². The van der Waals surface area contributed by atoms with Crippen LogP contribution in [0.25, 0.3) is 0 Å². The lowest BCUT2D eigenvalue weighted by Crippen LogP contribution is -2.33. The maximum absolute atomic E-state index is 12.5. The Bertz CT molecular complexity index is 498. The molecule has 1 rings (SSSR count). The van der Waals surface area contributed by atoms with Gasteiger partial charge in [-0.2, -0.15) is 0 Å². The van der Waals surface area contributed by atoms with Gasteiger partial charge in [-0.05, 0) is 32.9 Å². The summed E-state index contributed by atoms with van der Waals surface area (Å²) in [6.45, 7) is 6.80. The smallest absolute Gasteiger partial charge is 0.260 e. The summed E-state index contributed by atoms with van der Waals surface area (Å²) < 4.78 is 5.46. The van der Waals surface area contributed by atoms with Crippen LogP contribution in [0.1, 0.15) is 31.1 Å². The molecule has 0 spiro atoms. The van der Waals surface area contributed by atoms with Crippen LogP contribution in [0.2, 0.25) is 0 Å². The van der Waals surface area contributed by atoms with Crippen molar-refractivity contribution in [3.63, 3.8) is 0 Å². The third-order valence-corrected chi connectivity index (χ3v) is 2.75. The largest absolute Gasteiger partial charge is 0.479 e. The fraction of sp³-hybridized carbons (Fsp3) is 0.375. The zero-order valence-corrected chi connectivity index (χ0v) is 12.8. The van der Waals surface area contributed by atoms with Crippen LogP contribution in [0.4, 0.5) is 0 Å². The Morgan fingerprint density at radius 3 is 2.38 bits per heavy atom. The zero-order valence-electron chi connectivity index (χ0n) is 12.8. The van der Waals surface area contributed by atoms with Gasteiger partial charge in [0, 0.05) is 18.7 Å². The van der Waals surface area contributed by atoms with E-state index < -0.39 is 0 Å². The third kappa shape index (κ3) is 4.95. The van der Waals surface area contributed by atoms with E-state index in [1.807, 2.05) is 26.8 Å². The first-order chi connectivity index (χ1) is 10.1. The summed E-state index contributed by atoms with van der Waals surface area (Å²) in [6.07, 6.45) is 1.32. The summed E-state index contributed by atoms with van der Waals surface area (Å²) >= 11 is 0. The van der Waals surface area contributed by atoms with Gasteiger partial charge in [-0.15, -0.1) is 0 Å². The van der Waals surface area contributed by atoms with Crippen LogP contribution < -0.4 is 5.32 Å². The lowest BCUT2D eigenvalue weighted by Gasteiger charge is -2.23. The van der Waals surface area contributed by atoms with Crippen molar-refractivity contribution in [1.29, 1.82) is 0 Å². The molecule has 0 aliphatic rings. The Kier molecular flexibility index (Phi) is 7.01. The molecule has 0 fully saturated rings. The van der Waals surface area contributed by atoms with Gasteiger partial charge in [0.1, 0.15) is 0 Å². The molecule has 1 aromatic rings. The van der Waals surface area contributed by atoms with Gasteiger partial charge < -0.3 is 10.1 Å². The zero-order chi connectivity index (χ0) is 15.7. The minimum absolute atomic E-state index is 0.193. The number of hydrogen-bond donors (Lipinski definition) is 1. The van der Waals surface area contributed by atoms with Crippen LogP contribution in [0.5, 0.6) is 0 Å². The van der Waals surface area contributed by atoms with Gasteiger partial charge in [0.05, 0.1) is 12.7 Å². The minimum Gasteiger partial charge on any atom is -0.479 e. The second-order valence-electron chi connectivity index (χ2n) is 4.23. The molecule has 0 aliphatic carbocycles. The van der Waals surface area contributed by atoms with E-state index in [0.29, 0.717) is 25.3 Å². The molecule has 21 heavy (non-hydrogen) atoms. The first-order valence-electron chi connectivity index (χ1n) is 7.13. The second kappa shape index (κ2) is 8.79. The van der Waals surface area contributed by atoms with Crippen LogP contribution in [-0.4, -0.2) is 36.4 Å². The summed E-state index contributed by atoms with van der Waals surface area (Å²) in [7, 11) is 0. The van der Waals surface area contributed by atoms with Gasteiger partial charge >= 0.3 is 0 Å². The quantitative estimate of drug-likeness (QED) is 0.618. The van der Waals surface area contributed by atoms with Crippen molar-refractivity contribution < 1.29 is 14.3 Å². The van der Waals surface area contributed by atoms with Crippen molar-refractivity contribution in [3.05, 3.63) is 47.9 Å². The van der Waals surface area contributed by atoms with Gasteiger partial charge in [-0.3, -0.25) is 14.5 Å². The number of rotatable bonds is 7. The topological polar surface area (TPSA) is 58.6 Å². The van der Waals surface area contributed by atoms with E-state index in [9.17, 15) is 9.59 Å². The Morgan fingerprint density at radius 1 is 1.19 bits per heavy atom. The molecule has 0 atom stereocenters. The maximum Gasteiger partial charge on any atom is 0.260 e. The van der Waals surface area contributed by atoms with Gasteiger partial charge in [0.25, 0.3) is 5.91 Å². The van der Waals surface area contributed by atoms with Crippen molar-refractivity contribution in [2.75, 3.05) is 19.7 Å². The van der Waals surface area contributed by atoms with Crippen molar-refractivity contribution in [2.24, 2.45) is 0 Å². The number of carbonyl (C=O) groups is 2. The van der Waals surface area contributed by atoms with Crippen LogP contribution in [0, 0.1) is 0 Å². The van der Waals surface area contributed by atoms with Crippen LogP contribution in [0.3, 0.4) is 0 Å². The van der Waals surface area contributed by atoms with E-state index in [1.54, 1.807) is 24.3 Å². The molecule has 0 radical (unpaired) electrons. The number of hydrogen-bond acceptors (Lipinski definition) is 3. The highest BCUT2D eigenvalue weighted by atomic mass is 16.5. The highest BCUT2D eigenvalue weighted by molar-refractivity contribution is 5.96. The predicted octanol–water partition coefficient (Wildman–Crippen LogP) is 2.16. The standard InChI is InChI=1S/C16H22N2O3/c1-4-17-14(19)12-15(21-6-3)18(5-2)16(20)13-10-8-7-9-11-13/h7-12H,4-6H2,1-3H3,(H,17,19)/b15-12+. The van der Waals surface area contributed by atoms with Crippen LogP contribution in [-0.2, 0) is 9.53 Å². The molecule has 0 unspecified atom stereocenters. The van der Waals surface area contributed by atoms with Crippen molar-refractivity contribution in [3.8, 4) is 0 Å². The molecule has 0 saturated heterocycles. The molecule has 0 heterocycles. The highest BCUT2D eigenvalue weighted by Crippen LogP contribution is 2.12. The summed E-state index contributed by atoms with van der Waals surface area (Å²) in [4.78, 5) is 25.7. The summed E-state index contributed by atoms with van der Waals surface area (Å²) in [5, 5.41) is 2.66. The third-order valence-electron chi connectivity index (χ3n) is 2.75. The average Bonchev–Trinajstić information content (AvgIpc) is 2.49. The SMILES string of the molecule is CCNC(=O)/C=C(/OCC)N(CC)C(=O)c1ccccc1. The van der Waals surface area contributed by atoms with Crippen molar-refractivity contribution >= 4 is 11.8 Å². The fourth-order valence-corrected chi connectivity index (χ4v) is 1.82. The molecule has 5 nitrogen and oxygen atoms in total. The normalized spacial score (nSPS) is 10.9.